The highest BCUT2D eigenvalue weighted by molar-refractivity contribution is 6.30. The van der Waals surface area contributed by atoms with Crippen LogP contribution in [0.4, 0.5) is 13.2 Å². The number of fused-ring (bicyclic) bond motifs is 1. The van der Waals surface area contributed by atoms with E-state index < -0.39 is 23.8 Å². The lowest BCUT2D eigenvalue weighted by Gasteiger charge is -2.45. The van der Waals surface area contributed by atoms with Gasteiger partial charge in [-0.2, -0.15) is 13.2 Å². The summed E-state index contributed by atoms with van der Waals surface area (Å²) in [7, 11) is 0. The number of benzene rings is 1. The highest BCUT2D eigenvalue weighted by atomic mass is 35.5. The van der Waals surface area contributed by atoms with Crippen molar-refractivity contribution in [3.05, 3.63) is 28.8 Å². The van der Waals surface area contributed by atoms with Gasteiger partial charge in [0, 0.05) is 17.0 Å². The molecule has 3 rings (SSSR count). The quantitative estimate of drug-likeness (QED) is 0.754. The number of hydrogen-bond acceptors (Lipinski definition) is 2. The second-order valence-corrected chi connectivity index (χ2v) is 6.44. The first-order chi connectivity index (χ1) is 9.79. The molecule has 1 atom stereocenters. The number of halogens is 4. The lowest BCUT2D eigenvalue weighted by Crippen LogP contribution is -2.46. The Morgan fingerprint density at radius 2 is 1.90 bits per heavy atom. The summed E-state index contributed by atoms with van der Waals surface area (Å²) in [4.78, 5) is 0. The zero-order valence-electron chi connectivity index (χ0n) is 11.3. The maximum atomic E-state index is 12.8. The second-order valence-electron chi connectivity index (χ2n) is 6.00. The Labute approximate surface area is 125 Å². The smallest absolute Gasteiger partial charge is 0.391 e. The van der Waals surface area contributed by atoms with E-state index >= 15 is 0 Å². The molecule has 1 aromatic rings. The largest absolute Gasteiger partial charge is 0.487 e. The SMILES string of the molecule is O[C@H]1CC2(CCC(C(F)(F)F)CC2)Oc2ccc(Cl)cc21. The summed E-state index contributed by atoms with van der Waals surface area (Å²) in [5.41, 5.74) is -0.0618. The third kappa shape index (κ3) is 2.86. The van der Waals surface area contributed by atoms with Crippen LogP contribution in [0.3, 0.4) is 0 Å². The molecule has 0 saturated heterocycles. The molecule has 0 radical (unpaired) electrons. The summed E-state index contributed by atoms with van der Waals surface area (Å²) < 4.78 is 44.2. The van der Waals surface area contributed by atoms with Crippen molar-refractivity contribution in [2.75, 3.05) is 0 Å². The molecule has 0 amide bonds. The lowest BCUT2D eigenvalue weighted by atomic mass is 9.74. The Morgan fingerprint density at radius 3 is 2.52 bits per heavy atom. The van der Waals surface area contributed by atoms with Crippen LogP contribution in [0, 0.1) is 5.92 Å². The Morgan fingerprint density at radius 1 is 1.24 bits per heavy atom. The van der Waals surface area contributed by atoms with E-state index in [9.17, 15) is 18.3 Å². The topological polar surface area (TPSA) is 29.5 Å². The van der Waals surface area contributed by atoms with Gasteiger partial charge in [-0.1, -0.05) is 11.6 Å². The molecule has 0 bridgehead atoms. The molecule has 2 aliphatic rings. The Balaban J connectivity index is 1.79. The van der Waals surface area contributed by atoms with E-state index in [4.69, 9.17) is 16.3 Å². The van der Waals surface area contributed by atoms with Gasteiger partial charge in [0.25, 0.3) is 0 Å². The molecular formula is C15H16ClF3O2. The number of rotatable bonds is 0. The first kappa shape index (κ1) is 15.0. The molecule has 1 fully saturated rings. The molecule has 116 valence electrons. The van der Waals surface area contributed by atoms with E-state index in [1.165, 1.54) is 0 Å². The fourth-order valence-electron chi connectivity index (χ4n) is 3.39. The van der Waals surface area contributed by atoms with Gasteiger partial charge in [-0.15, -0.1) is 0 Å². The summed E-state index contributed by atoms with van der Waals surface area (Å²) in [6.07, 6.45) is -3.81. The summed E-state index contributed by atoms with van der Waals surface area (Å²) in [6.45, 7) is 0. The molecule has 0 aromatic heterocycles. The van der Waals surface area contributed by atoms with Crippen molar-refractivity contribution in [1.29, 1.82) is 0 Å². The van der Waals surface area contributed by atoms with E-state index in [1.807, 2.05) is 0 Å². The Bertz CT molecular complexity index is 536. The van der Waals surface area contributed by atoms with Crippen molar-refractivity contribution in [2.45, 2.75) is 50.0 Å². The van der Waals surface area contributed by atoms with Crippen LogP contribution in [0.15, 0.2) is 18.2 Å². The van der Waals surface area contributed by atoms with Crippen LogP contribution in [0.2, 0.25) is 5.02 Å². The lowest BCUT2D eigenvalue weighted by molar-refractivity contribution is -0.193. The van der Waals surface area contributed by atoms with Gasteiger partial charge in [-0.05, 0) is 43.9 Å². The molecule has 6 heteroatoms. The number of ether oxygens (including phenoxy) is 1. The zero-order chi connectivity index (χ0) is 15.3. The second kappa shape index (κ2) is 5.06. The third-order valence-electron chi connectivity index (χ3n) is 4.58. The number of aliphatic hydroxyl groups excluding tert-OH is 1. The number of hydrogen-bond donors (Lipinski definition) is 1. The minimum atomic E-state index is -4.14. The molecule has 1 aliphatic heterocycles. The van der Waals surface area contributed by atoms with Crippen LogP contribution in [-0.4, -0.2) is 16.9 Å². The molecule has 1 heterocycles. The maximum Gasteiger partial charge on any atom is 0.391 e. The highest BCUT2D eigenvalue weighted by Crippen LogP contribution is 2.50. The molecule has 0 unspecified atom stereocenters. The molecule has 2 nitrogen and oxygen atoms in total. The summed E-state index contributed by atoms with van der Waals surface area (Å²) in [5, 5.41) is 10.8. The Kier molecular flexibility index (Phi) is 3.61. The maximum absolute atomic E-state index is 12.8. The van der Waals surface area contributed by atoms with E-state index in [1.54, 1.807) is 18.2 Å². The van der Waals surface area contributed by atoms with Crippen molar-refractivity contribution in [1.82, 2.24) is 0 Å². The van der Waals surface area contributed by atoms with Crippen LogP contribution in [0.25, 0.3) is 0 Å². The van der Waals surface area contributed by atoms with Crippen LogP contribution in [-0.2, 0) is 0 Å². The fourth-order valence-corrected chi connectivity index (χ4v) is 3.57. The number of alkyl halides is 3. The molecule has 1 saturated carbocycles. The summed E-state index contributed by atoms with van der Waals surface area (Å²) >= 11 is 5.90. The first-order valence-electron chi connectivity index (χ1n) is 7.02. The summed E-state index contributed by atoms with van der Waals surface area (Å²) in [5.74, 6) is -0.723. The van der Waals surface area contributed by atoms with Crippen molar-refractivity contribution in [3.63, 3.8) is 0 Å². The van der Waals surface area contributed by atoms with Crippen molar-refractivity contribution >= 4 is 11.6 Å². The van der Waals surface area contributed by atoms with Gasteiger partial charge in [0.2, 0.25) is 0 Å². The van der Waals surface area contributed by atoms with E-state index in [0.717, 1.165) is 0 Å². The normalized spacial score (nSPS) is 32.6. The van der Waals surface area contributed by atoms with Gasteiger partial charge < -0.3 is 9.84 Å². The first-order valence-corrected chi connectivity index (χ1v) is 7.40. The van der Waals surface area contributed by atoms with Gasteiger partial charge in [0.05, 0.1) is 12.0 Å². The van der Waals surface area contributed by atoms with E-state index in [2.05, 4.69) is 0 Å². The van der Waals surface area contributed by atoms with Gasteiger partial charge in [-0.25, -0.2) is 0 Å². The average Bonchev–Trinajstić information content (AvgIpc) is 2.39. The highest BCUT2D eigenvalue weighted by Gasteiger charge is 2.49. The van der Waals surface area contributed by atoms with Gasteiger partial charge in [-0.3, -0.25) is 0 Å². The van der Waals surface area contributed by atoms with Gasteiger partial charge >= 0.3 is 6.18 Å². The minimum absolute atomic E-state index is 0.0547. The van der Waals surface area contributed by atoms with Crippen molar-refractivity contribution in [2.24, 2.45) is 5.92 Å². The molecular weight excluding hydrogens is 305 g/mol. The molecule has 1 spiro atoms. The van der Waals surface area contributed by atoms with Crippen LogP contribution < -0.4 is 4.74 Å². The third-order valence-corrected chi connectivity index (χ3v) is 4.82. The summed E-state index contributed by atoms with van der Waals surface area (Å²) in [6, 6.07) is 4.99. The van der Waals surface area contributed by atoms with Crippen LogP contribution in [0.1, 0.15) is 43.8 Å². The molecule has 1 N–H and O–H groups in total. The Hall–Kier alpha value is -0.940. The van der Waals surface area contributed by atoms with Crippen LogP contribution in [0.5, 0.6) is 5.75 Å². The molecule has 1 aromatic carbocycles. The van der Waals surface area contributed by atoms with E-state index in [-0.39, 0.29) is 12.8 Å². The van der Waals surface area contributed by atoms with Gasteiger partial charge in [0.1, 0.15) is 11.4 Å². The number of aliphatic hydroxyl groups is 1. The fraction of sp³-hybridized carbons (Fsp3) is 0.600. The van der Waals surface area contributed by atoms with Crippen LogP contribution >= 0.6 is 11.6 Å². The predicted octanol–water partition coefficient (Wildman–Crippen LogP) is 4.65. The zero-order valence-corrected chi connectivity index (χ0v) is 12.0. The monoisotopic (exact) mass is 320 g/mol. The molecule has 1 aliphatic carbocycles. The molecule has 21 heavy (non-hydrogen) atoms. The standard InChI is InChI=1S/C15H16ClF3O2/c16-10-1-2-13-11(7-10)12(20)8-14(21-13)5-3-9(4-6-14)15(17,18)19/h1-2,7,9,12,20H,3-6,8H2/t9?,12-,14?/m0/s1. The minimum Gasteiger partial charge on any atom is -0.487 e. The van der Waals surface area contributed by atoms with E-state index in [0.29, 0.717) is 35.6 Å². The van der Waals surface area contributed by atoms with Gasteiger partial charge in [0.15, 0.2) is 0 Å². The van der Waals surface area contributed by atoms with Crippen molar-refractivity contribution < 1.29 is 23.0 Å². The van der Waals surface area contributed by atoms with Crippen molar-refractivity contribution in [3.8, 4) is 5.75 Å². The predicted molar refractivity (Wildman–Crippen MR) is 72.4 cm³/mol. The average molecular weight is 321 g/mol.